The highest BCUT2D eigenvalue weighted by molar-refractivity contribution is 6.44. The van der Waals surface area contributed by atoms with Gasteiger partial charge in [0.1, 0.15) is 0 Å². The van der Waals surface area contributed by atoms with Crippen LogP contribution in [0.15, 0.2) is 12.1 Å². The highest BCUT2D eigenvalue weighted by atomic mass is 35.5. The van der Waals surface area contributed by atoms with Crippen LogP contribution in [0.2, 0.25) is 15.1 Å². The van der Waals surface area contributed by atoms with Gasteiger partial charge in [0.15, 0.2) is 6.61 Å². The molecule has 0 aliphatic heterocycles. The number of hydrogen-bond donors (Lipinski definition) is 1. The first-order valence-corrected chi connectivity index (χ1v) is 9.15. The van der Waals surface area contributed by atoms with Crippen molar-refractivity contribution < 1.29 is 14.3 Å². The summed E-state index contributed by atoms with van der Waals surface area (Å²) in [6.07, 6.45) is 5.28. The van der Waals surface area contributed by atoms with Crippen LogP contribution in [0.5, 0.6) is 0 Å². The summed E-state index contributed by atoms with van der Waals surface area (Å²) in [5, 5.41) is 3.42. The van der Waals surface area contributed by atoms with Gasteiger partial charge in [-0.2, -0.15) is 0 Å². The van der Waals surface area contributed by atoms with Crippen molar-refractivity contribution in [3.63, 3.8) is 0 Å². The molecule has 0 heterocycles. The molecular formula is C17H18Cl3NO3. The van der Waals surface area contributed by atoms with Gasteiger partial charge in [-0.15, -0.1) is 0 Å². The van der Waals surface area contributed by atoms with E-state index in [9.17, 15) is 9.59 Å². The van der Waals surface area contributed by atoms with Crippen LogP contribution in [0.25, 0.3) is 0 Å². The first-order chi connectivity index (χ1) is 11.4. The summed E-state index contributed by atoms with van der Waals surface area (Å²) in [5.41, 5.74) is 0.334. The number of halogens is 3. The smallest absolute Gasteiger partial charge is 0.306 e. The Hall–Kier alpha value is -0.970. The zero-order valence-corrected chi connectivity index (χ0v) is 15.3. The lowest BCUT2D eigenvalue weighted by Gasteiger charge is -2.20. The molecule has 3 atom stereocenters. The SMILES string of the molecule is O=C(COC(=O)C[C@H]1C[C@@H]2CC[C@@H]1C2)Nc1cc(Cl)c(Cl)cc1Cl. The van der Waals surface area contributed by atoms with Crippen LogP contribution in [-0.2, 0) is 14.3 Å². The molecule has 3 rings (SSSR count). The van der Waals surface area contributed by atoms with Gasteiger partial charge in [-0.1, -0.05) is 41.2 Å². The second kappa shape index (κ2) is 7.51. The molecular weight excluding hydrogens is 373 g/mol. The van der Waals surface area contributed by atoms with Gasteiger partial charge >= 0.3 is 5.97 Å². The lowest BCUT2D eigenvalue weighted by atomic mass is 9.86. The minimum atomic E-state index is -0.461. The minimum Gasteiger partial charge on any atom is -0.456 e. The van der Waals surface area contributed by atoms with Gasteiger partial charge in [0.2, 0.25) is 0 Å². The Bertz CT molecular complexity index is 665. The fourth-order valence-corrected chi connectivity index (χ4v) is 4.44. The topological polar surface area (TPSA) is 55.4 Å². The number of nitrogens with one attached hydrogen (secondary N) is 1. The quantitative estimate of drug-likeness (QED) is 0.571. The molecule has 24 heavy (non-hydrogen) atoms. The van der Waals surface area contributed by atoms with E-state index >= 15 is 0 Å². The average Bonchev–Trinajstić information content (AvgIpc) is 3.13. The zero-order valence-electron chi connectivity index (χ0n) is 13.0. The van der Waals surface area contributed by atoms with Crippen LogP contribution in [0.3, 0.4) is 0 Å². The number of carbonyl (C=O) groups is 2. The molecule has 1 aromatic carbocycles. The molecule has 0 saturated heterocycles. The van der Waals surface area contributed by atoms with E-state index in [2.05, 4.69) is 5.32 Å². The highest BCUT2D eigenvalue weighted by Gasteiger charge is 2.40. The Morgan fingerprint density at radius 1 is 1.08 bits per heavy atom. The number of fused-ring (bicyclic) bond motifs is 2. The van der Waals surface area contributed by atoms with Gasteiger partial charge < -0.3 is 10.1 Å². The number of hydrogen-bond acceptors (Lipinski definition) is 3. The van der Waals surface area contributed by atoms with Crippen LogP contribution in [0.4, 0.5) is 5.69 Å². The Kier molecular flexibility index (Phi) is 5.58. The van der Waals surface area contributed by atoms with Crippen LogP contribution < -0.4 is 5.32 Å². The molecule has 1 N–H and O–H groups in total. The standard InChI is InChI=1S/C17H18Cl3NO3/c18-12-6-14(20)15(7-13(12)19)21-16(22)8-24-17(23)5-11-4-9-1-2-10(11)3-9/h6-7,9-11H,1-5,8H2,(H,21,22)/t9-,10-,11-/m1/s1. The van der Waals surface area contributed by atoms with E-state index in [0.717, 1.165) is 12.3 Å². The van der Waals surface area contributed by atoms with Crippen LogP contribution >= 0.6 is 34.8 Å². The highest BCUT2D eigenvalue weighted by Crippen LogP contribution is 2.49. The first kappa shape index (κ1) is 17.8. The van der Waals surface area contributed by atoms with E-state index in [1.54, 1.807) is 0 Å². The lowest BCUT2D eigenvalue weighted by Crippen LogP contribution is -2.23. The summed E-state index contributed by atoms with van der Waals surface area (Å²) in [6, 6.07) is 2.91. The molecule has 2 saturated carbocycles. The van der Waals surface area contributed by atoms with Gasteiger partial charge in [0.05, 0.1) is 20.8 Å². The fourth-order valence-electron chi connectivity index (χ4n) is 3.85. The Morgan fingerprint density at radius 3 is 2.50 bits per heavy atom. The van der Waals surface area contributed by atoms with Crippen LogP contribution in [0.1, 0.15) is 32.1 Å². The molecule has 2 aliphatic carbocycles. The molecule has 7 heteroatoms. The minimum absolute atomic E-state index is 0.269. The number of amides is 1. The maximum atomic E-state index is 11.9. The first-order valence-electron chi connectivity index (χ1n) is 8.02. The van der Waals surface area contributed by atoms with Crippen molar-refractivity contribution in [3.05, 3.63) is 27.2 Å². The van der Waals surface area contributed by atoms with Gasteiger partial charge in [0, 0.05) is 6.42 Å². The molecule has 1 amide bonds. The average molecular weight is 391 g/mol. The third-order valence-corrected chi connectivity index (χ3v) is 6.00. The van der Waals surface area contributed by atoms with E-state index in [4.69, 9.17) is 39.5 Å². The fraction of sp³-hybridized carbons (Fsp3) is 0.529. The van der Waals surface area contributed by atoms with E-state index in [0.29, 0.717) is 29.0 Å². The number of ether oxygens (including phenoxy) is 1. The van der Waals surface area contributed by atoms with E-state index in [1.165, 1.54) is 31.4 Å². The maximum absolute atomic E-state index is 11.9. The second-order valence-electron chi connectivity index (χ2n) is 6.59. The number of rotatable bonds is 5. The number of esters is 1. The normalized spacial score (nSPS) is 24.9. The molecule has 1 aromatic rings. The van der Waals surface area contributed by atoms with Crippen molar-refractivity contribution in [2.24, 2.45) is 17.8 Å². The molecule has 2 bridgehead atoms. The molecule has 2 aliphatic rings. The molecule has 0 spiro atoms. The van der Waals surface area contributed by atoms with E-state index < -0.39 is 5.91 Å². The van der Waals surface area contributed by atoms with Gasteiger partial charge in [-0.05, 0) is 49.1 Å². The molecule has 0 radical (unpaired) electrons. The summed E-state index contributed by atoms with van der Waals surface area (Å²) in [4.78, 5) is 23.8. The van der Waals surface area contributed by atoms with Crippen molar-refractivity contribution in [2.45, 2.75) is 32.1 Å². The molecule has 2 fully saturated rings. The second-order valence-corrected chi connectivity index (χ2v) is 7.82. The Labute approximate surface area is 155 Å². The third kappa shape index (κ3) is 4.16. The van der Waals surface area contributed by atoms with E-state index in [1.807, 2.05) is 0 Å². The predicted molar refractivity (Wildman–Crippen MR) is 94.6 cm³/mol. The predicted octanol–water partition coefficient (Wildman–Crippen LogP) is 4.95. The van der Waals surface area contributed by atoms with Crippen molar-refractivity contribution in [1.29, 1.82) is 0 Å². The third-order valence-electron chi connectivity index (χ3n) is 4.96. The van der Waals surface area contributed by atoms with Crippen LogP contribution in [0, 0.1) is 17.8 Å². The maximum Gasteiger partial charge on any atom is 0.306 e. The van der Waals surface area contributed by atoms with Crippen molar-refractivity contribution in [3.8, 4) is 0 Å². The van der Waals surface area contributed by atoms with Crippen LogP contribution in [-0.4, -0.2) is 18.5 Å². The summed E-state index contributed by atoms with van der Waals surface area (Å²) in [7, 11) is 0. The summed E-state index contributed by atoms with van der Waals surface area (Å²) in [6.45, 7) is -0.337. The molecule has 0 unspecified atom stereocenters. The molecule has 130 valence electrons. The van der Waals surface area contributed by atoms with Crippen molar-refractivity contribution in [2.75, 3.05) is 11.9 Å². The molecule has 4 nitrogen and oxygen atoms in total. The summed E-state index contributed by atoms with van der Waals surface area (Å²) in [5.74, 6) is 1.09. The zero-order chi connectivity index (χ0) is 17.3. The largest absolute Gasteiger partial charge is 0.456 e. The molecule has 0 aromatic heterocycles. The van der Waals surface area contributed by atoms with E-state index in [-0.39, 0.29) is 22.6 Å². The monoisotopic (exact) mass is 389 g/mol. The van der Waals surface area contributed by atoms with Crippen molar-refractivity contribution in [1.82, 2.24) is 0 Å². The van der Waals surface area contributed by atoms with Gasteiger partial charge in [0.25, 0.3) is 5.91 Å². The lowest BCUT2D eigenvalue weighted by molar-refractivity contribution is -0.148. The van der Waals surface area contributed by atoms with Crippen molar-refractivity contribution >= 4 is 52.4 Å². The Balaban J connectivity index is 1.45. The summed E-state index contributed by atoms with van der Waals surface area (Å²) >= 11 is 17.7. The number of benzene rings is 1. The van der Waals surface area contributed by atoms with Gasteiger partial charge in [-0.3, -0.25) is 9.59 Å². The number of carbonyl (C=O) groups excluding carboxylic acids is 2. The summed E-state index contributed by atoms with van der Waals surface area (Å²) < 4.78 is 5.09. The van der Waals surface area contributed by atoms with Gasteiger partial charge in [-0.25, -0.2) is 0 Å². The Morgan fingerprint density at radius 2 is 1.83 bits per heavy atom. The number of anilines is 1.